The average Bonchev–Trinajstić information content (AvgIpc) is 2.49. The summed E-state index contributed by atoms with van der Waals surface area (Å²) in [4.78, 5) is 0. The van der Waals surface area contributed by atoms with Crippen LogP contribution in [0.4, 0.5) is 4.39 Å². The molecule has 1 aromatic carbocycles. The highest BCUT2D eigenvalue weighted by Crippen LogP contribution is 2.25. The second-order valence-electron chi connectivity index (χ2n) is 6.07. The third-order valence-electron chi connectivity index (χ3n) is 3.61. The van der Waals surface area contributed by atoms with Crippen LogP contribution in [0.3, 0.4) is 0 Å². The number of hydrogen-bond acceptors (Lipinski definition) is 4. The SMILES string of the molecule is C=C(CN1N=CC(NC(C)C)=C(C(C)=N)C1=C)c1ccc(F)cc1. The van der Waals surface area contributed by atoms with E-state index in [-0.39, 0.29) is 11.9 Å². The van der Waals surface area contributed by atoms with Crippen LogP contribution >= 0.6 is 0 Å². The van der Waals surface area contributed by atoms with E-state index < -0.39 is 0 Å². The zero-order valence-electron chi connectivity index (χ0n) is 14.4. The van der Waals surface area contributed by atoms with Gasteiger partial charge in [-0.05, 0) is 44.0 Å². The molecule has 1 aliphatic rings. The minimum absolute atomic E-state index is 0.231. The van der Waals surface area contributed by atoms with Gasteiger partial charge in [0, 0.05) is 17.3 Å². The van der Waals surface area contributed by atoms with Gasteiger partial charge in [0.15, 0.2) is 0 Å². The first kappa shape index (κ1) is 17.7. The Labute approximate surface area is 142 Å². The number of hydrazone groups is 1. The lowest BCUT2D eigenvalue weighted by molar-refractivity contribution is 0.417. The van der Waals surface area contributed by atoms with E-state index in [1.54, 1.807) is 30.3 Å². The quantitative estimate of drug-likeness (QED) is 0.778. The first-order chi connectivity index (χ1) is 11.3. The maximum absolute atomic E-state index is 13.0. The molecule has 0 unspecified atom stereocenters. The molecule has 0 radical (unpaired) electrons. The van der Waals surface area contributed by atoms with Crippen LogP contribution in [-0.2, 0) is 0 Å². The minimum atomic E-state index is -0.277. The van der Waals surface area contributed by atoms with E-state index in [1.165, 1.54) is 12.1 Å². The summed E-state index contributed by atoms with van der Waals surface area (Å²) in [7, 11) is 0. The number of halogens is 1. The first-order valence-electron chi connectivity index (χ1n) is 7.80. The number of rotatable bonds is 6. The molecule has 126 valence electrons. The lowest BCUT2D eigenvalue weighted by atomic mass is 10.0. The van der Waals surface area contributed by atoms with Crippen LogP contribution in [0.2, 0.25) is 0 Å². The Morgan fingerprint density at radius 3 is 2.50 bits per heavy atom. The van der Waals surface area contributed by atoms with Crippen molar-refractivity contribution in [2.45, 2.75) is 26.8 Å². The zero-order chi connectivity index (χ0) is 17.9. The summed E-state index contributed by atoms with van der Waals surface area (Å²) in [6.07, 6.45) is 1.71. The Hall–Kier alpha value is -2.69. The fourth-order valence-corrected chi connectivity index (χ4v) is 2.48. The van der Waals surface area contributed by atoms with Crippen molar-refractivity contribution in [2.75, 3.05) is 6.54 Å². The molecule has 0 atom stereocenters. The van der Waals surface area contributed by atoms with Gasteiger partial charge in [0.1, 0.15) is 5.82 Å². The second kappa shape index (κ2) is 7.25. The van der Waals surface area contributed by atoms with E-state index in [0.29, 0.717) is 18.0 Å². The van der Waals surface area contributed by atoms with Crippen molar-refractivity contribution in [3.8, 4) is 0 Å². The zero-order valence-corrected chi connectivity index (χ0v) is 14.4. The van der Waals surface area contributed by atoms with Gasteiger partial charge < -0.3 is 10.7 Å². The maximum atomic E-state index is 13.0. The van der Waals surface area contributed by atoms with Crippen molar-refractivity contribution in [3.05, 3.63) is 65.8 Å². The lowest BCUT2D eigenvalue weighted by Gasteiger charge is -2.29. The van der Waals surface area contributed by atoms with Gasteiger partial charge in [-0.3, -0.25) is 5.01 Å². The average molecular weight is 326 g/mol. The van der Waals surface area contributed by atoms with Gasteiger partial charge in [-0.2, -0.15) is 5.10 Å². The summed E-state index contributed by atoms with van der Waals surface area (Å²) in [5.74, 6) is -0.277. The largest absolute Gasteiger partial charge is 0.381 e. The molecule has 2 rings (SSSR count). The summed E-state index contributed by atoms with van der Waals surface area (Å²) in [5.41, 5.74) is 4.26. The first-order valence-corrected chi connectivity index (χ1v) is 7.80. The van der Waals surface area contributed by atoms with E-state index in [4.69, 9.17) is 5.41 Å². The summed E-state index contributed by atoms with van der Waals surface area (Å²) < 4.78 is 13.0. The molecule has 0 fully saturated rings. The van der Waals surface area contributed by atoms with Gasteiger partial charge in [-0.15, -0.1) is 0 Å². The fourth-order valence-electron chi connectivity index (χ4n) is 2.48. The summed E-state index contributed by atoms with van der Waals surface area (Å²) >= 11 is 0. The second-order valence-corrected chi connectivity index (χ2v) is 6.07. The number of allylic oxidation sites excluding steroid dienone is 2. The minimum Gasteiger partial charge on any atom is -0.381 e. The standard InChI is InChI=1S/C19H23FN4/c1-12(2)23-18-10-22-24(15(5)19(18)14(4)21)11-13(3)16-6-8-17(20)9-7-16/h6-10,12,21,23H,3,5,11H2,1-2,4H3. The van der Waals surface area contributed by atoms with E-state index in [2.05, 4.69) is 23.6 Å². The summed E-state index contributed by atoms with van der Waals surface area (Å²) in [6.45, 7) is 14.4. The Bertz CT molecular complexity index is 726. The predicted octanol–water partition coefficient (Wildman–Crippen LogP) is 3.95. The molecule has 0 aromatic heterocycles. The molecule has 5 heteroatoms. The molecule has 0 saturated carbocycles. The number of hydrogen-bond donors (Lipinski definition) is 2. The molecule has 24 heavy (non-hydrogen) atoms. The van der Waals surface area contributed by atoms with Crippen molar-refractivity contribution in [1.29, 1.82) is 5.41 Å². The summed E-state index contributed by atoms with van der Waals surface area (Å²) in [6, 6.07) is 6.44. The Kier molecular flexibility index (Phi) is 5.34. The van der Waals surface area contributed by atoms with E-state index >= 15 is 0 Å². The topological polar surface area (TPSA) is 51.5 Å². The highest BCUT2D eigenvalue weighted by Gasteiger charge is 2.22. The number of benzene rings is 1. The molecule has 0 bridgehead atoms. The van der Waals surface area contributed by atoms with Crippen molar-refractivity contribution >= 4 is 17.5 Å². The molecular formula is C19H23FN4. The Morgan fingerprint density at radius 1 is 1.33 bits per heavy atom. The molecule has 0 spiro atoms. The third-order valence-corrected chi connectivity index (χ3v) is 3.61. The highest BCUT2D eigenvalue weighted by atomic mass is 19.1. The Balaban J connectivity index is 2.19. The lowest BCUT2D eigenvalue weighted by Crippen LogP contribution is -2.33. The maximum Gasteiger partial charge on any atom is 0.123 e. The van der Waals surface area contributed by atoms with Gasteiger partial charge in [-0.25, -0.2) is 4.39 Å². The van der Waals surface area contributed by atoms with Crippen molar-refractivity contribution in [3.63, 3.8) is 0 Å². The normalized spacial score (nSPS) is 14.4. The van der Waals surface area contributed by atoms with E-state index in [9.17, 15) is 4.39 Å². The van der Waals surface area contributed by atoms with E-state index in [0.717, 1.165) is 22.4 Å². The molecule has 1 heterocycles. The molecule has 0 aliphatic carbocycles. The molecule has 1 aliphatic heterocycles. The monoisotopic (exact) mass is 326 g/mol. The van der Waals surface area contributed by atoms with E-state index in [1.807, 2.05) is 13.8 Å². The van der Waals surface area contributed by atoms with Crippen LogP contribution in [0.15, 0.2) is 59.5 Å². The van der Waals surface area contributed by atoms with Gasteiger partial charge in [0.25, 0.3) is 0 Å². The van der Waals surface area contributed by atoms with Gasteiger partial charge >= 0.3 is 0 Å². The van der Waals surface area contributed by atoms with Crippen LogP contribution < -0.4 is 5.32 Å². The smallest absolute Gasteiger partial charge is 0.123 e. The van der Waals surface area contributed by atoms with Crippen LogP contribution in [0.1, 0.15) is 26.3 Å². The fraction of sp³-hybridized carbons (Fsp3) is 0.263. The number of nitrogens with one attached hydrogen (secondary N) is 2. The summed E-state index contributed by atoms with van der Waals surface area (Å²) in [5, 5.41) is 17.5. The number of nitrogens with zero attached hydrogens (tertiary/aromatic N) is 2. The third kappa shape index (κ3) is 3.98. The highest BCUT2D eigenvalue weighted by molar-refractivity contribution is 6.05. The van der Waals surface area contributed by atoms with Crippen LogP contribution in [0.25, 0.3) is 5.57 Å². The van der Waals surface area contributed by atoms with Crippen molar-refractivity contribution in [1.82, 2.24) is 10.3 Å². The van der Waals surface area contributed by atoms with Crippen LogP contribution in [0, 0.1) is 11.2 Å². The Morgan fingerprint density at radius 2 is 1.96 bits per heavy atom. The van der Waals surface area contributed by atoms with Gasteiger partial charge in [-0.1, -0.05) is 25.3 Å². The van der Waals surface area contributed by atoms with Gasteiger partial charge in [0.05, 0.1) is 24.2 Å². The van der Waals surface area contributed by atoms with Crippen molar-refractivity contribution < 1.29 is 4.39 Å². The molecule has 4 nitrogen and oxygen atoms in total. The molecule has 0 amide bonds. The van der Waals surface area contributed by atoms with Crippen molar-refractivity contribution in [2.24, 2.45) is 5.10 Å². The molecule has 0 saturated heterocycles. The molecular weight excluding hydrogens is 303 g/mol. The predicted molar refractivity (Wildman–Crippen MR) is 98.5 cm³/mol. The molecule has 1 aromatic rings. The van der Waals surface area contributed by atoms with Crippen LogP contribution in [-0.4, -0.2) is 29.5 Å². The van der Waals surface area contributed by atoms with Crippen LogP contribution in [0.5, 0.6) is 0 Å². The van der Waals surface area contributed by atoms with Gasteiger partial charge in [0.2, 0.25) is 0 Å². The molecule has 2 N–H and O–H groups in total.